The van der Waals surface area contributed by atoms with Crippen molar-refractivity contribution >= 4 is 17.5 Å². The number of nitrogens with zero attached hydrogens (tertiary/aromatic N) is 1. The summed E-state index contributed by atoms with van der Waals surface area (Å²) in [6.07, 6.45) is 9.66. The minimum absolute atomic E-state index is 0.0773. The molecular weight excluding hydrogens is 408 g/mol. The Morgan fingerprint density at radius 3 is 2.33 bits per heavy atom. The van der Waals surface area contributed by atoms with E-state index in [1.165, 1.54) is 32.1 Å². The van der Waals surface area contributed by atoms with Crippen LogP contribution in [0.5, 0.6) is 0 Å². The molecule has 0 bridgehead atoms. The fraction of sp³-hybridized carbons (Fsp3) is 0.448. The van der Waals surface area contributed by atoms with Gasteiger partial charge in [0.05, 0.1) is 12.2 Å². The predicted octanol–water partition coefficient (Wildman–Crippen LogP) is 5.97. The van der Waals surface area contributed by atoms with Crippen molar-refractivity contribution in [2.24, 2.45) is 0 Å². The van der Waals surface area contributed by atoms with Gasteiger partial charge >= 0.3 is 0 Å². The quantitative estimate of drug-likeness (QED) is 0.324. The molecule has 1 aliphatic heterocycles. The lowest BCUT2D eigenvalue weighted by atomic mass is 10.0. The third-order valence-corrected chi connectivity index (χ3v) is 6.07. The summed E-state index contributed by atoms with van der Waals surface area (Å²) >= 11 is 0. The molecule has 0 unspecified atom stereocenters. The second kappa shape index (κ2) is 13.5. The van der Waals surface area contributed by atoms with Crippen LogP contribution in [0.25, 0.3) is 0 Å². The van der Waals surface area contributed by atoms with Crippen molar-refractivity contribution in [1.29, 1.82) is 0 Å². The van der Waals surface area contributed by atoms with Gasteiger partial charge in [-0.25, -0.2) is 0 Å². The number of rotatable bonds is 12. The molecule has 1 N–H and O–H groups in total. The Bertz CT molecular complexity index is 986. The van der Waals surface area contributed by atoms with Gasteiger partial charge < -0.3 is 10.2 Å². The average molecular weight is 445 g/mol. The topological polar surface area (TPSA) is 49.4 Å². The van der Waals surface area contributed by atoms with E-state index in [9.17, 15) is 9.59 Å². The molecule has 2 amide bonds. The van der Waals surface area contributed by atoms with E-state index >= 15 is 0 Å². The van der Waals surface area contributed by atoms with Gasteiger partial charge in [0, 0.05) is 30.5 Å². The summed E-state index contributed by atoms with van der Waals surface area (Å²) in [6.45, 7) is 3.49. The molecule has 1 heterocycles. The van der Waals surface area contributed by atoms with E-state index in [2.05, 4.69) is 24.1 Å². The number of benzene rings is 2. The van der Waals surface area contributed by atoms with Crippen LogP contribution in [0, 0.1) is 11.8 Å². The van der Waals surface area contributed by atoms with Crippen LogP contribution in [-0.2, 0) is 16.1 Å². The molecule has 174 valence electrons. The normalized spacial score (nSPS) is 12.0. The van der Waals surface area contributed by atoms with Gasteiger partial charge in [-0.05, 0) is 43.0 Å². The van der Waals surface area contributed by atoms with Gasteiger partial charge in [0.2, 0.25) is 11.8 Å². The molecule has 2 aromatic rings. The molecule has 0 fully saturated rings. The van der Waals surface area contributed by atoms with Crippen LogP contribution in [-0.4, -0.2) is 18.4 Å². The zero-order valence-corrected chi connectivity index (χ0v) is 19.9. The van der Waals surface area contributed by atoms with Crippen molar-refractivity contribution < 1.29 is 9.59 Å². The first-order chi connectivity index (χ1) is 16.2. The number of amides is 2. The molecule has 0 atom stereocenters. The first kappa shape index (κ1) is 24.6. The predicted molar refractivity (Wildman–Crippen MR) is 135 cm³/mol. The zero-order valence-electron chi connectivity index (χ0n) is 19.9. The molecule has 0 aliphatic carbocycles. The van der Waals surface area contributed by atoms with Crippen LogP contribution in [0.4, 0.5) is 5.69 Å². The maximum atomic E-state index is 13.2. The summed E-state index contributed by atoms with van der Waals surface area (Å²) in [5.41, 5.74) is 3.75. The summed E-state index contributed by atoms with van der Waals surface area (Å²) < 4.78 is 0. The van der Waals surface area contributed by atoms with Crippen molar-refractivity contribution in [2.45, 2.75) is 77.7 Å². The van der Waals surface area contributed by atoms with Crippen molar-refractivity contribution in [1.82, 2.24) is 5.32 Å². The largest absolute Gasteiger partial charge is 0.356 e. The van der Waals surface area contributed by atoms with Gasteiger partial charge in [-0.2, -0.15) is 0 Å². The van der Waals surface area contributed by atoms with E-state index in [1.807, 2.05) is 53.4 Å². The third kappa shape index (κ3) is 7.79. The highest BCUT2D eigenvalue weighted by Gasteiger charge is 2.20. The van der Waals surface area contributed by atoms with Crippen LogP contribution >= 0.6 is 0 Å². The fourth-order valence-electron chi connectivity index (χ4n) is 4.13. The molecule has 4 heteroatoms. The average Bonchev–Trinajstić information content (AvgIpc) is 2.82. The summed E-state index contributed by atoms with van der Waals surface area (Å²) in [5.74, 6) is 6.65. The number of anilines is 1. The molecule has 33 heavy (non-hydrogen) atoms. The van der Waals surface area contributed by atoms with Crippen LogP contribution in [0.15, 0.2) is 48.5 Å². The van der Waals surface area contributed by atoms with Gasteiger partial charge in [0.25, 0.3) is 0 Å². The molecule has 0 saturated heterocycles. The highest BCUT2D eigenvalue weighted by molar-refractivity contribution is 5.95. The first-order valence-electron chi connectivity index (χ1n) is 12.4. The SMILES string of the molecule is CCCCCCCCNC(=O)CCCCC(=O)N1Cc2ccccc2C#Cc2ccccc21. The Kier molecular flexibility index (Phi) is 10.0. The summed E-state index contributed by atoms with van der Waals surface area (Å²) in [5, 5.41) is 3.01. The number of carbonyl (C=O) groups excluding carboxylic acids is 2. The van der Waals surface area contributed by atoms with Crippen molar-refractivity contribution in [3.8, 4) is 11.8 Å². The van der Waals surface area contributed by atoms with Gasteiger partial charge in [-0.15, -0.1) is 0 Å². The number of para-hydroxylation sites is 1. The van der Waals surface area contributed by atoms with Crippen LogP contribution in [0.2, 0.25) is 0 Å². The number of fused-ring (bicyclic) bond motifs is 2. The number of unbranched alkanes of at least 4 members (excludes halogenated alkanes) is 6. The summed E-state index contributed by atoms with van der Waals surface area (Å²) in [7, 11) is 0. The lowest BCUT2D eigenvalue weighted by molar-refractivity contribution is -0.122. The Hall–Kier alpha value is -3.06. The molecule has 0 aromatic heterocycles. The number of hydrogen-bond acceptors (Lipinski definition) is 2. The molecule has 0 saturated carbocycles. The Morgan fingerprint density at radius 1 is 0.818 bits per heavy atom. The maximum Gasteiger partial charge on any atom is 0.227 e. The molecule has 1 aliphatic rings. The highest BCUT2D eigenvalue weighted by Crippen LogP contribution is 2.26. The Morgan fingerprint density at radius 2 is 1.48 bits per heavy atom. The number of nitrogens with one attached hydrogen (secondary N) is 1. The van der Waals surface area contributed by atoms with Gasteiger partial charge in [-0.1, -0.05) is 81.2 Å². The van der Waals surface area contributed by atoms with E-state index in [0.29, 0.717) is 25.8 Å². The molecule has 3 rings (SSSR count). The second-order valence-corrected chi connectivity index (χ2v) is 8.73. The third-order valence-electron chi connectivity index (χ3n) is 6.07. The monoisotopic (exact) mass is 444 g/mol. The molecule has 4 nitrogen and oxygen atoms in total. The lowest BCUT2D eigenvalue weighted by Crippen LogP contribution is -2.31. The minimum Gasteiger partial charge on any atom is -0.356 e. The van der Waals surface area contributed by atoms with E-state index < -0.39 is 0 Å². The van der Waals surface area contributed by atoms with Crippen LogP contribution in [0.3, 0.4) is 0 Å². The molecule has 0 spiro atoms. The van der Waals surface area contributed by atoms with Crippen molar-refractivity contribution in [3.63, 3.8) is 0 Å². The van der Waals surface area contributed by atoms with E-state index in [4.69, 9.17) is 0 Å². The first-order valence-corrected chi connectivity index (χ1v) is 12.4. The summed E-state index contributed by atoms with van der Waals surface area (Å²) in [4.78, 5) is 27.1. The summed E-state index contributed by atoms with van der Waals surface area (Å²) in [6, 6.07) is 15.8. The van der Waals surface area contributed by atoms with Crippen molar-refractivity contribution in [3.05, 3.63) is 65.2 Å². The fourth-order valence-corrected chi connectivity index (χ4v) is 4.13. The molecule has 2 aromatic carbocycles. The maximum absolute atomic E-state index is 13.2. The highest BCUT2D eigenvalue weighted by atomic mass is 16.2. The van der Waals surface area contributed by atoms with E-state index in [-0.39, 0.29) is 11.8 Å². The standard InChI is InChI=1S/C29H36N2O2/c1-2-3-4-5-6-13-22-30-28(32)18-11-12-19-29(33)31-23-26-16-8-7-14-24(26)20-21-25-15-9-10-17-27(25)31/h7-10,14-17H,2-6,11-13,18-19,22-23H2,1H3,(H,30,32). The molecular formula is C29H36N2O2. The minimum atomic E-state index is 0.0773. The van der Waals surface area contributed by atoms with E-state index in [0.717, 1.165) is 41.8 Å². The Labute approximate surface area is 198 Å². The molecule has 0 radical (unpaired) electrons. The number of carbonyl (C=O) groups is 2. The van der Waals surface area contributed by atoms with Crippen molar-refractivity contribution in [2.75, 3.05) is 11.4 Å². The van der Waals surface area contributed by atoms with Gasteiger partial charge in [-0.3, -0.25) is 9.59 Å². The van der Waals surface area contributed by atoms with Gasteiger partial charge in [0.1, 0.15) is 0 Å². The number of hydrogen-bond donors (Lipinski definition) is 1. The van der Waals surface area contributed by atoms with Crippen LogP contribution < -0.4 is 10.2 Å². The second-order valence-electron chi connectivity index (χ2n) is 8.73. The lowest BCUT2D eigenvalue weighted by Gasteiger charge is -2.26. The Balaban J connectivity index is 1.46. The smallest absolute Gasteiger partial charge is 0.227 e. The zero-order chi connectivity index (χ0) is 23.3. The van der Waals surface area contributed by atoms with E-state index in [1.54, 1.807) is 0 Å². The van der Waals surface area contributed by atoms with Crippen LogP contribution in [0.1, 0.15) is 87.8 Å². The van der Waals surface area contributed by atoms with Gasteiger partial charge in [0.15, 0.2) is 0 Å².